The SMILES string of the molecule is CC(C)[C@H](NC(=O)C(Cl)(Cl)Cl)/C(F)=C/[C@@H](CCCN1C(=O)c2ccccc2C1=O)C(=O)N1COC[C@H]1Cc1ccccc1. The molecule has 43 heavy (non-hydrogen) atoms. The third-order valence-electron chi connectivity index (χ3n) is 7.54. The van der Waals surface area contributed by atoms with Gasteiger partial charge in [0.25, 0.3) is 21.5 Å². The number of alkyl halides is 3. The zero-order chi connectivity index (χ0) is 31.3. The van der Waals surface area contributed by atoms with Crippen LogP contribution in [0.4, 0.5) is 4.39 Å². The van der Waals surface area contributed by atoms with Crippen LogP contribution in [0, 0.1) is 11.8 Å². The highest BCUT2D eigenvalue weighted by Gasteiger charge is 2.38. The van der Waals surface area contributed by atoms with Crippen molar-refractivity contribution in [1.82, 2.24) is 15.1 Å². The third kappa shape index (κ3) is 7.95. The Labute approximate surface area is 265 Å². The quantitative estimate of drug-likeness (QED) is 0.257. The molecule has 2 heterocycles. The molecule has 0 unspecified atom stereocenters. The van der Waals surface area contributed by atoms with Crippen molar-refractivity contribution in [2.45, 2.75) is 49.0 Å². The maximum Gasteiger partial charge on any atom is 0.272 e. The van der Waals surface area contributed by atoms with Crippen LogP contribution in [0.5, 0.6) is 0 Å². The molecule has 0 aliphatic carbocycles. The van der Waals surface area contributed by atoms with Gasteiger partial charge in [0.05, 0.1) is 35.7 Å². The van der Waals surface area contributed by atoms with E-state index in [4.69, 9.17) is 39.5 Å². The molecule has 230 valence electrons. The number of carbonyl (C=O) groups excluding carboxylic acids is 4. The first kappa shape index (κ1) is 32.9. The highest BCUT2D eigenvalue weighted by Crippen LogP contribution is 2.29. The molecular formula is C31H33Cl3FN3O5. The maximum atomic E-state index is 15.8. The van der Waals surface area contributed by atoms with E-state index in [1.807, 2.05) is 30.3 Å². The van der Waals surface area contributed by atoms with Gasteiger partial charge in [-0.25, -0.2) is 4.39 Å². The average Bonchev–Trinajstić information content (AvgIpc) is 3.52. The summed E-state index contributed by atoms with van der Waals surface area (Å²) in [5.74, 6) is -4.37. The van der Waals surface area contributed by atoms with Crippen LogP contribution in [0.2, 0.25) is 0 Å². The molecule has 0 aromatic heterocycles. The fraction of sp³-hybridized carbons (Fsp3) is 0.419. The summed E-state index contributed by atoms with van der Waals surface area (Å²) in [5.41, 5.74) is 1.68. The first-order valence-corrected chi connectivity index (χ1v) is 15.1. The number of fused-ring (bicyclic) bond motifs is 1. The number of nitrogens with one attached hydrogen (secondary N) is 1. The van der Waals surface area contributed by atoms with Crippen LogP contribution >= 0.6 is 34.8 Å². The van der Waals surface area contributed by atoms with Crippen molar-refractivity contribution >= 4 is 58.4 Å². The first-order valence-electron chi connectivity index (χ1n) is 14.0. The maximum absolute atomic E-state index is 15.8. The summed E-state index contributed by atoms with van der Waals surface area (Å²) in [7, 11) is 0. The summed E-state index contributed by atoms with van der Waals surface area (Å²) in [4.78, 5) is 54.7. The number of nitrogens with zero attached hydrogens (tertiary/aromatic N) is 2. The molecule has 0 bridgehead atoms. The summed E-state index contributed by atoms with van der Waals surface area (Å²) in [5, 5.41) is 2.41. The zero-order valence-corrected chi connectivity index (χ0v) is 26.0. The van der Waals surface area contributed by atoms with Crippen LogP contribution in [0.15, 0.2) is 66.5 Å². The van der Waals surface area contributed by atoms with Gasteiger partial charge in [-0.1, -0.05) is 91.1 Å². The van der Waals surface area contributed by atoms with Crippen LogP contribution in [-0.2, 0) is 20.7 Å². The fourth-order valence-electron chi connectivity index (χ4n) is 5.26. The Balaban J connectivity index is 1.55. The van der Waals surface area contributed by atoms with Gasteiger partial charge in [-0.3, -0.25) is 24.1 Å². The van der Waals surface area contributed by atoms with Crippen molar-refractivity contribution in [3.05, 3.63) is 83.2 Å². The predicted octanol–water partition coefficient (Wildman–Crippen LogP) is 5.47. The summed E-state index contributed by atoms with van der Waals surface area (Å²) in [6.07, 6.45) is 2.08. The van der Waals surface area contributed by atoms with Crippen LogP contribution in [0.3, 0.4) is 0 Å². The smallest absolute Gasteiger partial charge is 0.272 e. The van der Waals surface area contributed by atoms with Gasteiger partial charge in [0, 0.05) is 6.54 Å². The van der Waals surface area contributed by atoms with Crippen LogP contribution in [-0.4, -0.2) is 69.2 Å². The Kier molecular flexibility index (Phi) is 10.9. The summed E-state index contributed by atoms with van der Waals surface area (Å²) < 4.78 is 19.2. The van der Waals surface area contributed by atoms with Crippen molar-refractivity contribution in [2.24, 2.45) is 11.8 Å². The predicted molar refractivity (Wildman–Crippen MR) is 162 cm³/mol. The summed E-state index contributed by atoms with van der Waals surface area (Å²) in [6.45, 7) is 3.77. The largest absolute Gasteiger partial charge is 0.359 e. The number of hydrogen-bond acceptors (Lipinski definition) is 5. The van der Waals surface area contributed by atoms with Gasteiger partial charge in [-0.15, -0.1) is 0 Å². The number of amides is 4. The van der Waals surface area contributed by atoms with E-state index in [0.29, 0.717) is 24.2 Å². The van der Waals surface area contributed by atoms with E-state index in [9.17, 15) is 19.2 Å². The van der Waals surface area contributed by atoms with E-state index in [1.165, 1.54) is 6.08 Å². The first-order chi connectivity index (χ1) is 20.4. The van der Waals surface area contributed by atoms with Gasteiger partial charge in [0.2, 0.25) is 5.91 Å². The van der Waals surface area contributed by atoms with Crippen molar-refractivity contribution in [2.75, 3.05) is 19.9 Å². The Morgan fingerprint density at radius 1 is 1.05 bits per heavy atom. The monoisotopic (exact) mass is 651 g/mol. The number of halogens is 4. The lowest BCUT2D eigenvalue weighted by Gasteiger charge is -2.28. The number of hydrogen-bond donors (Lipinski definition) is 1. The molecule has 8 nitrogen and oxygen atoms in total. The van der Waals surface area contributed by atoms with Crippen molar-refractivity contribution in [3.63, 3.8) is 0 Å². The van der Waals surface area contributed by atoms with E-state index in [-0.39, 0.29) is 38.1 Å². The number of imide groups is 1. The Morgan fingerprint density at radius 3 is 2.23 bits per heavy atom. The van der Waals surface area contributed by atoms with E-state index in [1.54, 1.807) is 43.0 Å². The minimum Gasteiger partial charge on any atom is -0.359 e. The molecule has 2 aliphatic heterocycles. The molecule has 1 saturated heterocycles. The van der Waals surface area contributed by atoms with Crippen LogP contribution in [0.25, 0.3) is 0 Å². The van der Waals surface area contributed by atoms with Crippen LogP contribution < -0.4 is 5.32 Å². The van der Waals surface area contributed by atoms with E-state index in [2.05, 4.69) is 5.32 Å². The molecular weight excluding hydrogens is 620 g/mol. The molecule has 2 aromatic rings. The Morgan fingerprint density at radius 2 is 1.65 bits per heavy atom. The van der Waals surface area contributed by atoms with Gasteiger partial charge >= 0.3 is 0 Å². The van der Waals surface area contributed by atoms with Gasteiger partial charge < -0.3 is 15.0 Å². The number of benzene rings is 2. The lowest BCUT2D eigenvalue weighted by molar-refractivity contribution is -0.136. The molecule has 12 heteroatoms. The molecule has 4 rings (SSSR count). The second kappa shape index (κ2) is 14.2. The second-order valence-corrected chi connectivity index (χ2v) is 13.2. The highest BCUT2D eigenvalue weighted by molar-refractivity contribution is 6.76. The molecule has 0 radical (unpaired) electrons. The molecule has 1 fully saturated rings. The topological polar surface area (TPSA) is 96.0 Å². The second-order valence-electron chi connectivity index (χ2n) is 11.0. The average molecular weight is 653 g/mol. The van der Waals surface area contributed by atoms with E-state index >= 15 is 4.39 Å². The lowest BCUT2D eigenvalue weighted by atomic mass is 9.95. The van der Waals surface area contributed by atoms with Gasteiger partial charge in [-0.05, 0) is 49.0 Å². The number of rotatable bonds is 11. The zero-order valence-electron chi connectivity index (χ0n) is 23.8. The van der Waals surface area contributed by atoms with Gasteiger partial charge in [0.15, 0.2) is 0 Å². The van der Waals surface area contributed by atoms with E-state index < -0.39 is 45.2 Å². The minimum absolute atomic E-state index is 0.0400. The third-order valence-corrected chi connectivity index (χ3v) is 8.05. The molecule has 0 saturated carbocycles. The minimum atomic E-state index is -2.30. The number of carbonyl (C=O) groups is 4. The number of ether oxygens (including phenoxy) is 1. The molecule has 2 aromatic carbocycles. The Hall–Kier alpha value is -2.98. The van der Waals surface area contributed by atoms with Crippen molar-refractivity contribution in [3.8, 4) is 0 Å². The van der Waals surface area contributed by atoms with Crippen LogP contribution in [0.1, 0.15) is 53.0 Å². The van der Waals surface area contributed by atoms with E-state index in [0.717, 1.165) is 10.5 Å². The normalized spacial score (nSPS) is 18.7. The lowest BCUT2D eigenvalue weighted by Crippen LogP contribution is -2.45. The molecule has 0 spiro atoms. The highest BCUT2D eigenvalue weighted by atomic mass is 35.6. The standard InChI is InChI=1S/C31H33Cl3FN3O5/c1-19(2)26(36-30(42)31(32,33)34)25(35)16-21(11-8-14-37-28(40)23-12-6-7-13-24(23)29(37)41)27(39)38-18-43-17-22(38)15-20-9-4-3-5-10-20/h3-7,9-10,12-13,16,19,21-22,26H,8,11,14-15,17-18H2,1-2H3,(H,36,42)/b25-16-/t21-,22-,26+/m1/s1. The fourth-order valence-corrected chi connectivity index (χ4v) is 5.42. The van der Waals surface area contributed by atoms with Gasteiger partial charge in [-0.2, -0.15) is 0 Å². The molecule has 4 amide bonds. The van der Waals surface area contributed by atoms with Gasteiger partial charge in [0.1, 0.15) is 12.6 Å². The molecule has 3 atom stereocenters. The molecule has 2 aliphatic rings. The van der Waals surface area contributed by atoms with Crippen molar-refractivity contribution < 1.29 is 28.3 Å². The van der Waals surface area contributed by atoms with Crippen molar-refractivity contribution in [1.29, 1.82) is 0 Å². The Bertz CT molecular complexity index is 1350. The molecule has 1 N–H and O–H groups in total. The summed E-state index contributed by atoms with van der Waals surface area (Å²) in [6, 6.07) is 14.8. The summed E-state index contributed by atoms with van der Waals surface area (Å²) >= 11 is 17.1.